The summed E-state index contributed by atoms with van der Waals surface area (Å²) >= 11 is 6.14. The SMILES string of the molecule is CCS(=O)(=O)c1cc(-c2cccc(Cl)c2)cnc1C(=O)N=c1sc(C(F)(F)F)nn1C. The standard InChI is InChI=1S/C18H14ClF3N4O3S2/c1-3-31(28,29)13-8-11(10-5-4-6-12(19)7-10)9-23-14(13)15(27)24-17-26(2)25-16(30-17)18(20,21)22/h4-9H,3H2,1-2H3. The van der Waals surface area contributed by atoms with Crippen molar-refractivity contribution in [1.82, 2.24) is 14.8 Å². The van der Waals surface area contributed by atoms with Crippen molar-refractivity contribution < 1.29 is 26.4 Å². The first-order chi connectivity index (χ1) is 14.4. The molecule has 0 saturated carbocycles. The summed E-state index contributed by atoms with van der Waals surface area (Å²) in [5.74, 6) is -1.42. The smallest absolute Gasteiger partial charge is 0.265 e. The Labute approximate surface area is 183 Å². The average Bonchev–Trinajstić information content (AvgIpc) is 3.08. The van der Waals surface area contributed by atoms with Gasteiger partial charge in [-0.05, 0) is 23.8 Å². The molecule has 13 heteroatoms. The zero-order valence-corrected chi connectivity index (χ0v) is 18.4. The fourth-order valence-corrected chi connectivity index (χ4v) is 4.52. The molecule has 7 nitrogen and oxygen atoms in total. The van der Waals surface area contributed by atoms with E-state index in [1.807, 2.05) is 0 Å². The van der Waals surface area contributed by atoms with E-state index in [0.29, 0.717) is 16.1 Å². The molecule has 0 fully saturated rings. The second-order valence-electron chi connectivity index (χ2n) is 6.21. The zero-order valence-electron chi connectivity index (χ0n) is 16.0. The van der Waals surface area contributed by atoms with E-state index >= 15 is 0 Å². The van der Waals surface area contributed by atoms with Gasteiger partial charge in [-0.3, -0.25) is 4.79 Å². The quantitative estimate of drug-likeness (QED) is 0.555. The van der Waals surface area contributed by atoms with Crippen LogP contribution in [-0.4, -0.2) is 34.8 Å². The van der Waals surface area contributed by atoms with Gasteiger partial charge in [0.15, 0.2) is 9.84 Å². The third-order valence-corrected chi connectivity index (χ3v) is 7.09. The van der Waals surface area contributed by atoms with Crippen LogP contribution in [0.15, 0.2) is 46.4 Å². The van der Waals surface area contributed by atoms with E-state index < -0.39 is 32.6 Å². The second-order valence-corrected chi connectivity index (χ2v) is 9.85. The van der Waals surface area contributed by atoms with E-state index in [0.717, 1.165) is 4.68 Å². The lowest BCUT2D eigenvalue weighted by Gasteiger charge is -2.09. The number of aryl methyl sites for hydroxylation is 1. The van der Waals surface area contributed by atoms with Crippen molar-refractivity contribution in [1.29, 1.82) is 0 Å². The molecule has 0 unspecified atom stereocenters. The summed E-state index contributed by atoms with van der Waals surface area (Å²) in [6.07, 6.45) is -3.43. The van der Waals surface area contributed by atoms with Gasteiger partial charge in [0.1, 0.15) is 5.69 Å². The van der Waals surface area contributed by atoms with Gasteiger partial charge in [-0.1, -0.05) is 42.0 Å². The number of benzene rings is 1. The van der Waals surface area contributed by atoms with E-state index in [4.69, 9.17) is 11.6 Å². The number of hydrogen-bond acceptors (Lipinski definition) is 6. The Morgan fingerprint density at radius 2 is 1.97 bits per heavy atom. The summed E-state index contributed by atoms with van der Waals surface area (Å²) in [5, 5.41) is 2.53. The van der Waals surface area contributed by atoms with E-state index in [-0.39, 0.29) is 26.8 Å². The third kappa shape index (κ3) is 5.02. The van der Waals surface area contributed by atoms with Crippen LogP contribution in [0.4, 0.5) is 13.2 Å². The molecule has 0 aliphatic heterocycles. The van der Waals surface area contributed by atoms with Gasteiger partial charge < -0.3 is 0 Å². The topological polar surface area (TPSA) is 94.3 Å². The molecule has 0 atom stereocenters. The molecule has 0 bridgehead atoms. The molecule has 3 aromatic rings. The zero-order chi connectivity index (χ0) is 23.0. The molecule has 0 radical (unpaired) electrons. The van der Waals surface area contributed by atoms with Gasteiger partial charge in [0.25, 0.3) is 5.91 Å². The summed E-state index contributed by atoms with van der Waals surface area (Å²) < 4.78 is 64.6. The van der Waals surface area contributed by atoms with Crippen molar-refractivity contribution in [2.75, 3.05) is 5.75 Å². The van der Waals surface area contributed by atoms with Crippen LogP contribution in [0.3, 0.4) is 0 Å². The Morgan fingerprint density at radius 3 is 2.55 bits per heavy atom. The lowest BCUT2D eigenvalue weighted by molar-refractivity contribution is -0.138. The van der Waals surface area contributed by atoms with Crippen molar-refractivity contribution in [3.05, 3.63) is 57.1 Å². The molecule has 1 amide bonds. The fraction of sp³-hybridized carbons (Fsp3) is 0.222. The number of hydrogen-bond donors (Lipinski definition) is 0. The summed E-state index contributed by atoms with van der Waals surface area (Å²) in [4.78, 5) is 19.5. The highest BCUT2D eigenvalue weighted by Crippen LogP contribution is 2.29. The Bertz CT molecular complexity index is 1330. The molecule has 31 heavy (non-hydrogen) atoms. The molecular weight excluding hydrogens is 477 g/mol. The number of nitrogens with zero attached hydrogens (tertiary/aromatic N) is 4. The van der Waals surface area contributed by atoms with Crippen molar-refractivity contribution in [2.45, 2.75) is 18.0 Å². The first-order valence-corrected chi connectivity index (χ1v) is 11.5. The number of rotatable bonds is 4. The van der Waals surface area contributed by atoms with E-state index in [2.05, 4.69) is 15.1 Å². The highest BCUT2D eigenvalue weighted by atomic mass is 35.5. The highest BCUT2D eigenvalue weighted by molar-refractivity contribution is 7.91. The Kier molecular flexibility index (Phi) is 6.35. The molecule has 164 valence electrons. The number of pyridine rings is 1. The number of aromatic nitrogens is 3. The number of carbonyl (C=O) groups excluding carboxylic acids is 1. The summed E-state index contributed by atoms with van der Waals surface area (Å²) in [6.45, 7) is 1.39. The minimum absolute atomic E-state index is 0.158. The maximum Gasteiger partial charge on any atom is 0.445 e. The molecule has 0 aliphatic carbocycles. The third-order valence-electron chi connectivity index (χ3n) is 4.07. The summed E-state index contributed by atoms with van der Waals surface area (Å²) in [6, 6.07) is 7.87. The summed E-state index contributed by atoms with van der Waals surface area (Å²) in [5.41, 5.74) is 0.482. The average molecular weight is 491 g/mol. The largest absolute Gasteiger partial charge is 0.445 e. The van der Waals surface area contributed by atoms with Crippen LogP contribution in [0.25, 0.3) is 11.1 Å². The van der Waals surface area contributed by atoms with Crippen LogP contribution in [0.2, 0.25) is 5.02 Å². The molecule has 3 rings (SSSR count). The van der Waals surface area contributed by atoms with Gasteiger partial charge in [0, 0.05) is 23.8 Å². The second kappa shape index (κ2) is 8.52. The van der Waals surface area contributed by atoms with Crippen molar-refractivity contribution in [3.8, 4) is 11.1 Å². The van der Waals surface area contributed by atoms with Gasteiger partial charge in [-0.15, -0.1) is 0 Å². The minimum atomic E-state index is -4.70. The first-order valence-electron chi connectivity index (χ1n) is 8.61. The predicted octanol–water partition coefficient (Wildman–Crippen LogP) is 3.75. The van der Waals surface area contributed by atoms with Crippen molar-refractivity contribution >= 4 is 38.7 Å². The molecular formula is C18H14ClF3N4O3S2. The molecule has 2 aromatic heterocycles. The predicted molar refractivity (Wildman–Crippen MR) is 108 cm³/mol. The van der Waals surface area contributed by atoms with Gasteiger partial charge in [0.05, 0.1) is 10.6 Å². The lowest BCUT2D eigenvalue weighted by atomic mass is 10.1. The lowest BCUT2D eigenvalue weighted by Crippen LogP contribution is -2.17. The molecule has 0 spiro atoms. The molecule has 0 saturated heterocycles. The van der Waals surface area contributed by atoms with Gasteiger partial charge >= 0.3 is 6.18 Å². The van der Waals surface area contributed by atoms with Crippen LogP contribution < -0.4 is 4.80 Å². The van der Waals surface area contributed by atoms with Gasteiger partial charge in [-0.25, -0.2) is 18.1 Å². The molecule has 0 N–H and O–H groups in total. The van der Waals surface area contributed by atoms with E-state index in [9.17, 15) is 26.4 Å². The maximum absolute atomic E-state index is 12.8. The van der Waals surface area contributed by atoms with Crippen LogP contribution in [-0.2, 0) is 23.1 Å². The maximum atomic E-state index is 12.8. The number of alkyl halides is 3. The Hall–Kier alpha value is -2.57. The van der Waals surface area contributed by atoms with Crippen LogP contribution in [0.5, 0.6) is 0 Å². The van der Waals surface area contributed by atoms with Gasteiger partial charge in [0.2, 0.25) is 9.81 Å². The highest BCUT2D eigenvalue weighted by Gasteiger charge is 2.35. The first kappa shape index (κ1) is 23.1. The molecule has 1 aromatic carbocycles. The van der Waals surface area contributed by atoms with Crippen LogP contribution >= 0.6 is 22.9 Å². The van der Waals surface area contributed by atoms with Crippen molar-refractivity contribution in [2.24, 2.45) is 12.0 Å². The molecule has 0 aliphatic rings. The normalized spacial score (nSPS) is 12.9. The fourth-order valence-electron chi connectivity index (χ4n) is 2.53. The Balaban J connectivity index is 2.15. The minimum Gasteiger partial charge on any atom is -0.265 e. The number of sulfone groups is 1. The number of carbonyl (C=O) groups is 1. The number of amides is 1. The Morgan fingerprint density at radius 1 is 1.26 bits per heavy atom. The van der Waals surface area contributed by atoms with Gasteiger partial charge in [-0.2, -0.15) is 23.3 Å². The van der Waals surface area contributed by atoms with E-state index in [1.165, 1.54) is 26.2 Å². The number of halogens is 4. The van der Waals surface area contributed by atoms with Crippen LogP contribution in [0.1, 0.15) is 22.4 Å². The summed E-state index contributed by atoms with van der Waals surface area (Å²) in [7, 11) is -2.72. The van der Waals surface area contributed by atoms with Crippen molar-refractivity contribution in [3.63, 3.8) is 0 Å². The van der Waals surface area contributed by atoms with E-state index in [1.54, 1.807) is 24.3 Å². The van der Waals surface area contributed by atoms with Crippen LogP contribution in [0, 0.1) is 0 Å². The monoisotopic (exact) mass is 490 g/mol. The molecule has 2 heterocycles.